The molecule has 1 aliphatic heterocycles. The molecule has 8 nitrogen and oxygen atoms in total. The molecule has 3 atom stereocenters. The molecule has 1 aliphatic rings. The van der Waals surface area contributed by atoms with E-state index in [2.05, 4.69) is 5.32 Å². The van der Waals surface area contributed by atoms with Gasteiger partial charge in [-0.2, -0.15) is 0 Å². The van der Waals surface area contributed by atoms with Gasteiger partial charge in [-0.1, -0.05) is 0 Å². The van der Waals surface area contributed by atoms with Gasteiger partial charge in [0.15, 0.2) is 0 Å². The lowest BCUT2D eigenvalue weighted by molar-refractivity contribution is -0.140. The Morgan fingerprint density at radius 1 is 1.33 bits per heavy atom. The first kappa shape index (κ1) is 17.2. The summed E-state index contributed by atoms with van der Waals surface area (Å²) in [6, 6.07) is -1.58. The molecule has 0 aromatic carbocycles. The van der Waals surface area contributed by atoms with E-state index in [0.29, 0.717) is 19.5 Å². The van der Waals surface area contributed by atoms with Gasteiger partial charge in [-0.3, -0.25) is 4.79 Å². The van der Waals surface area contributed by atoms with Gasteiger partial charge in [0.2, 0.25) is 0 Å². The fourth-order valence-corrected chi connectivity index (χ4v) is 2.32. The van der Waals surface area contributed by atoms with Crippen molar-refractivity contribution in [3.05, 3.63) is 0 Å². The Morgan fingerprint density at radius 3 is 2.48 bits per heavy atom. The summed E-state index contributed by atoms with van der Waals surface area (Å²) in [7, 11) is 0. The maximum absolute atomic E-state index is 12.0. The Balaban J connectivity index is 2.46. The largest absolute Gasteiger partial charge is 0.481 e. The molecule has 8 heteroatoms. The minimum Gasteiger partial charge on any atom is -0.481 e. The predicted octanol–water partition coefficient (Wildman–Crippen LogP) is 0.107. The summed E-state index contributed by atoms with van der Waals surface area (Å²) >= 11 is 0. The zero-order valence-corrected chi connectivity index (χ0v) is 12.0. The van der Waals surface area contributed by atoms with Gasteiger partial charge in [-0.15, -0.1) is 0 Å². The first-order chi connectivity index (χ1) is 9.81. The highest BCUT2D eigenvalue weighted by Gasteiger charge is 2.31. The molecule has 0 saturated carbocycles. The number of nitrogens with zero attached hydrogens (tertiary/aromatic N) is 1. The number of amides is 2. The van der Waals surface area contributed by atoms with Crippen LogP contribution in [0.3, 0.4) is 0 Å². The molecule has 1 heterocycles. The minimum absolute atomic E-state index is 0.00559. The molecule has 0 radical (unpaired) electrons. The van der Waals surface area contributed by atoms with Crippen LogP contribution in [-0.2, 0) is 9.59 Å². The van der Waals surface area contributed by atoms with Crippen LogP contribution in [0.25, 0.3) is 0 Å². The van der Waals surface area contributed by atoms with Gasteiger partial charge in [0.05, 0.1) is 6.10 Å². The molecular formula is C13H22N2O6. The average molecular weight is 302 g/mol. The summed E-state index contributed by atoms with van der Waals surface area (Å²) < 4.78 is 0. The number of aliphatic hydroxyl groups excluding tert-OH is 1. The van der Waals surface area contributed by atoms with Gasteiger partial charge >= 0.3 is 18.0 Å². The van der Waals surface area contributed by atoms with Crippen molar-refractivity contribution in [3.8, 4) is 0 Å². The van der Waals surface area contributed by atoms with E-state index in [0.717, 1.165) is 0 Å². The van der Waals surface area contributed by atoms with Gasteiger partial charge in [0, 0.05) is 25.4 Å². The molecule has 0 spiro atoms. The van der Waals surface area contributed by atoms with Crippen LogP contribution in [0.2, 0.25) is 0 Å². The highest BCUT2D eigenvalue weighted by atomic mass is 16.4. The summed E-state index contributed by atoms with van der Waals surface area (Å²) in [5.74, 6) is -2.17. The average Bonchev–Trinajstić information content (AvgIpc) is 2.86. The SMILES string of the molecule is CC(O)C1CCN(C(=O)N[C@H](CCCC(=O)O)C(=O)O)C1. The molecule has 0 bridgehead atoms. The minimum atomic E-state index is -1.18. The smallest absolute Gasteiger partial charge is 0.326 e. The first-order valence-electron chi connectivity index (χ1n) is 6.99. The predicted molar refractivity (Wildman–Crippen MR) is 72.8 cm³/mol. The van der Waals surface area contributed by atoms with E-state index in [9.17, 15) is 19.5 Å². The molecule has 21 heavy (non-hydrogen) atoms. The van der Waals surface area contributed by atoms with Gasteiger partial charge in [-0.05, 0) is 26.2 Å². The maximum atomic E-state index is 12.0. The summed E-state index contributed by atoms with van der Waals surface area (Å²) in [6.45, 7) is 2.53. The summed E-state index contributed by atoms with van der Waals surface area (Å²) in [6.07, 6.45) is 0.299. The third-order valence-electron chi connectivity index (χ3n) is 3.67. The zero-order valence-electron chi connectivity index (χ0n) is 12.0. The van der Waals surface area contributed by atoms with Crippen molar-refractivity contribution in [1.82, 2.24) is 10.2 Å². The lowest BCUT2D eigenvalue weighted by Gasteiger charge is -2.21. The Labute approximate surface area is 122 Å². The number of aliphatic hydroxyl groups is 1. The van der Waals surface area contributed by atoms with Crippen LogP contribution in [0.1, 0.15) is 32.6 Å². The first-order valence-corrected chi connectivity index (χ1v) is 6.99. The van der Waals surface area contributed by atoms with Crippen molar-refractivity contribution in [2.24, 2.45) is 5.92 Å². The quantitative estimate of drug-likeness (QED) is 0.528. The van der Waals surface area contributed by atoms with Crippen LogP contribution < -0.4 is 5.32 Å². The number of hydrogen-bond donors (Lipinski definition) is 4. The number of carboxylic acid groups (broad SMARTS) is 2. The third kappa shape index (κ3) is 5.58. The second-order valence-corrected chi connectivity index (χ2v) is 5.36. The maximum Gasteiger partial charge on any atom is 0.326 e. The molecule has 1 fully saturated rings. The van der Waals surface area contributed by atoms with Gasteiger partial charge in [0.1, 0.15) is 6.04 Å². The van der Waals surface area contributed by atoms with E-state index in [1.807, 2.05) is 0 Å². The van der Waals surface area contributed by atoms with Crippen LogP contribution in [0.15, 0.2) is 0 Å². The van der Waals surface area contributed by atoms with Gasteiger partial charge < -0.3 is 25.5 Å². The molecule has 2 amide bonds. The molecule has 0 aromatic rings. The van der Waals surface area contributed by atoms with Crippen molar-refractivity contribution < 1.29 is 29.7 Å². The standard InChI is InChI=1S/C13H22N2O6/c1-8(16)9-5-6-15(7-9)13(21)14-10(12(19)20)3-2-4-11(17)18/h8-10,16H,2-7H2,1H3,(H,14,21)(H,17,18)(H,19,20)/t8?,9?,10-/m1/s1. The summed E-state index contributed by atoms with van der Waals surface area (Å²) in [4.78, 5) is 34.9. The van der Waals surface area contributed by atoms with Crippen LogP contribution in [0.4, 0.5) is 4.79 Å². The molecule has 120 valence electrons. The molecule has 1 rings (SSSR count). The van der Waals surface area contributed by atoms with E-state index in [1.165, 1.54) is 4.90 Å². The van der Waals surface area contributed by atoms with Crippen LogP contribution >= 0.6 is 0 Å². The third-order valence-corrected chi connectivity index (χ3v) is 3.67. The van der Waals surface area contributed by atoms with Crippen molar-refractivity contribution in [3.63, 3.8) is 0 Å². The number of carboxylic acids is 2. The van der Waals surface area contributed by atoms with Crippen LogP contribution in [0.5, 0.6) is 0 Å². The summed E-state index contributed by atoms with van der Waals surface area (Å²) in [5.41, 5.74) is 0. The van der Waals surface area contributed by atoms with Crippen molar-refractivity contribution in [2.45, 2.75) is 44.8 Å². The number of likely N-dealkylation sites (tertiary alicyclic amines) is 1. The molecular weight excluding hydrogens is 280 g/mol. The van der Waals surface area contributed by atoms with Crippen molar-refractivity contribution in [1.29, 1.82) is 0 Å². The van der Waals surface area contributed by atoms with E-state index in [4.69, 9.17) is 10.2 Å². The highest BCUT2D eigenvalue weighted by molar-refractivity contribution is 5.82. The number of nitrogens with one attached hydrogen (secondary N) is 1. The number of aliphatic carboxylic acids is 2. The number of carbonyl (C=O) groups excluding carboxylic acids is 1. The molecule has 0 aliphatic carbocycles. The number of rotatable bonds is 7. The van der Waals surface area contributed by atoms with E-state index >= 15 is 0 Å². The van der Waals surface area contributed by atoms with Crippen molar-refractivity contribution >= 4 is 18.0 Å². The second-order valence-electron chi connectivity index (χ2n) is 5.36. The monoisotopic (exact) mass is 302 g/mol. The Kier molecular flexibility index (Phi) is 6.41. The molecule has 2 unspecified atom stereocenters. The normalized spacial score (nSPS) is 20.9. The second kappa shape index (κ2) is 7.82. The van der Waals surface area contributed by atoms with Crippen LogP contribution in [-0.4, -0.2) is 63.4 Å². The van der Waals surface area contributed by atoms with Crippen LogP contribution in [0, 0.1) is 5.92 Å². The number of carbonyl (C=O) groups is 3. The Bertz CT molecular complexity index is 398. The van der Waals surface area contributed by atoms with Gasteiger partial charge in [-0.25, -0.2) is 9.59 Å². The fourth-order valence-electron chi connectivity index (χ4n) is 2.32. The molecule has 4 N–H and O–H groups in total. The zero-order chi connectivity index (χ0) is 16.0. The highest BCUT2D eigenvalue weighted by Crippen LogP contribution is 2.19. The van der Waals surface area contributed by atoms with E-state index in [-0.39, 0.29) is 25.2 Å². The fraction of sp³-hybridized carbons (Fsp3) is 0.769. The molecule has 0 aromatic heterocycles. The molecule has 1 saturated heterocycles. The Hall–Kier alpha value is -1.83. The van der Waals surface area contributed by atoms with Crippen molar-refractivity contribution in [2.75, 3.05) is 13.1 Å². The number of urea groups is 1. The number of hydrogen-bond acceptors (Lipinski definition) is 4. The van der Waals surface area contributed by atoms with Gasteiger partial charge in [0.25, 0.3) is 0 Å². The summed E-state index contributed by atoms with van der Waals surface area (Å²) in [5, 5.41) is 29.5. The van der Waals surface area contributed by atoms with E-state index < -0.39 is 30.1 Å². The lowest BCUT2D eigenvalue weighted by atomic mass is 10.0. The lowest BCUT2D eigenvalue weighted by Crippen LogP contribution is -2.47. The van der Waals surface area contributed by atoms with E-state index in [1.54, 1.807) is 6.92 Å². The topological polar surface area (TPSA) is 127 Å². The Morgan fingerprint density at radius 2 is 2.00 bits per heavy atom.